The van der Waals surface area contributed by atoms with Gasteiger partial charge in [-0.25, -0.2) is 9.79 Å². The number of benzene rings is 1. The lowest BCUT2D eigenvalue weighted by molar-refractivity contribution is -0.139. The highest BCUT2D eigenvalue weighted by Gasteiger charge is 2.34. The van der Waals surface area contributed by atoms with E-state index in [1.807, 2.05) is 42.5 Å². The van der Waals surface area contributed by atoms with E-state index in [0.29, 0.717) is 31.9 Å². The van der Waals surface area contributed by atoms with Gasteiger partial charge in [-0.1, -0.05) is 29.5 Å². The number of nitrogens with zero attached hydrogens (tertiary/aromatic N) is 2. The maximum Gasteiger partial charge on any atom is 0.338 e. The van der Waals surface area contributed by atoms with Gasteiger partial charge in [-0.2, -0.15) is 0 Å². The average molecular weight is 519 g/mol. The van der Waals surface area contributed by atoms with Gasteiger partial charge in [0.15, 0.2) is 4.80 Å². The molecule has 160 valence electrons. The Labute approximate surface area is 194 Å². The van der Waals surface area contributed by atoms with Gasteiger partial charge < -0.3 is 9.47 Å². The Hall–Kier alpha value is -2.49. The van der Waals surface area contributed by atoms with Crippen LogP contribution >= 0.6 is 38.6 Å². The Morgan fingerprint density at radius 3 is 2.71 bits per heavy atom. The molecule has 3 aromatic rings. The highest BCUT2D eigenvalue weighted by molar-refractivity contribution is 9.11. The molecular weight excluding hydrogens is 500 g/mol. The van der Waals surface area contributed by atoms with Crippen LogP contribution in [0.3, 0.4) is 0 Å². The molecule has 1 unspecified atom stereocenters. The van der Waals surface area contributed by atoms with Crippen LogP contribution in [-0.4, -0.2) is 24.3 Å². The van der Waals surface area contributed by atoms with Crippen molar-refractivity contribution >= 4 is 50.6 Å². The number of hydrogen-bond donors (Lipinski definition) is 0. The molecule has 0 aliphatic carbocycles. The van der Waals surface area contributed by atoms with Crippen LogP contribution in [0.15, 0.2) is 61.2 Å². The molecule has 1 aliphatic rings. The van der Waals surface area contributed by atoms with E-state index in [1.54, 1.807) is 25.5 Å². The minimum atomic E-state index is -0.691. The fourth-order valence-corrected chi connectivity index (χ4v) is 5.99. The number of esters is 1. The summed E-state index contributed by atoms with van der Waals surface area (Å²) in [5.41, 5.74) is 1.36. The number of hydrogen-bond acceptors (Lipinski definition) is 7. The van der Waals surface area contributed by atoms with Gasteiger partial charge in [-0.3, -0.25) is 9.36 Å². The largest absolute Gasteiger partial charge is 0.496 e. The van der Waals surface area contributed by atoms with Gasteiger partial charge in [-0.05, 0) is 54.1 Å². The smallest absolute Gasteiger partial charge is 0.338 e. The van der Waals surface area contributed by atoms with E-state index in [-0.39, 0.29) is 12.2 Å². The molecule has 1 atom stereocenters. The number of para-hydroxylation sites is 1. The summed E-state index contributed by atoms with van der Waals surface area (Å²) >= 11 is 6.29. The van der Waals surface area contributed by atoms with Crippen molar-refractivity contribution in [2.45, 2.75) is 19.9 Å². The van der Waals surface area contributed by atoms with Gasteiger partial charge in [0.05, 0.1) is 33.3 Å². The molecule has 0 saturated carbocycles. The molecule has 0 saturated heterocycles. The number of allylic oxidation sites excluding steroid dienone is 1. The maximum atomic E-state index is 13.5. The van der Waals surface area contributed by atoms with Crippen molar-refractivity contribution in [3.63, 3.8) is 0 Å². The molecule has 0 bridgehead atoms. The first-order valence-electron chi connectivity index (χ1n) is 9.52. The number of fused-ring (bicyclic) bond motifs is 1. The summed E-state index contributed by atoms with van der Waals surface area (Å²) < 4.78 is 14.0. The third-order valence-electron chi connectivity index (χ3n) is 4.82. The summed E-state index contributed by atoms with van der Waals surface area (Å²) in [6, 6.07) is 10.6. The Bertz CT molecular complexity index is 1370. The Balaban J connectivity index is 2.00. The van der Waals surface area contributed by atoms with Gasteiger partial charge >= 0.3 is 5.97 Å². The number of carbonyl (C=O) groups excluding carboxylic acids is 1. The third kappa shape index (κ3) is 4.05. The summed E-state index contributed by atoms with van der Waals surface area (Å²) in [4.78, 5) is 32.5. The Kier molecular flexibility index (Phi) is 6.27. The van der Waals surface area contributed by atoms with Crippen molar-refractivity contribution < 1.29 is 14.3 Å². The zero-order valence-electron chi connectivity index (χ0n) is 17.0. The molecular formula is C22H19BrN2O4S2. The van der Waals surface area contributed by atoms with Gasteiger partial charge in [0.25, 0.3) is 5.56 Å². The second kappa shape index (κ2) is 8.94. The molecule has 2 aromatic heterocycles. The zero-order chi connectivity index (χ0) is 22.1. The molecule has 0 spiro atoms. The molecule has 0 N–H and O–H groups in total. The fourth-order valence-electron chi connectivity index (χ4n) is 3.51. The topological polar surface area (TPSA) is 69.9 Å². The van der Waals surface area contributed by atoms with E-state index in [1.165, 1.54) is 22.7 Å². The number of thiazole rings is 1. The normalized spacial score (nSPS) is 16.1. The quantitative estimate of drug-likeness (QED) is 0.483. The number of aromatic nitrogens is 1. The summed E-state index contributed by atoms with van der Waals surface area (Å²) in [5.74, 6) is 0.0943. The Morgan fingerprint density at radius 1 is 1.26 bits per heavy atom. The molecule has 6 nitrogen and oxygen atoms in total. The molecule has 9 heteroatoms. The van der Waals surface area contributed by atoms with Crippen LogP contribution in [0.1, 0.15) is 30.3 Å². The van der Waals surface area contributed by atoms with Crippen LogP contribution in [0.2, 0.25) is 0 Å². The number of ether oxygens (including phenoxy) is 2. The lowest BCUT2D eigenvalue weighted by Crippen LogP contribution is -2.40. The first kappa shape index (κ1) is 21.7. The molecule has 0 radical (unpaired) electrons. The molecule has 0 amide bonds. The standard InChI is InChI=1S/C22H19BrN2O4S2/c1-4-29-21(27)18-12(2)24-22-25(19(18)14-7-5-6-8-15(14)28-3)20(26)16(31-22)11-13-9-10-17(23)30-13/h5-11,19H,4H2,1-3H3. The van der Waals surface area contributed by atoms with Crippen LogP contribution in [0.25, 0.3) is 6.08 Å². The number of halogens is 1. The van der Waals surface area contributed by atoms with Crippen LogP contribution in [0, 0.1) is 0 Å². The minimum Gasteiger partial charge on any atom is -0.496 e. The van der Waals surface area contributed by atoms with Crippen molar-refractivity contribution in [1.82, 2.24) is 4.57 Å². The maximum absolute atomic E-state index is 13.5. The SMILES string of the molecule is CCOC(=O)C1=C(C)N=c2sc(=Cc3ccc(Br)s3)c(=O)n2C1c1ccccc1OC. The van der Waals surface area contributed by atoms with Gasteiger partial charge in [0.1, 0.15) is 11.8 Å². The summed E-state index contributed by atoms with van der Waals surface area (Å²) in [5, 5.41) is 0. The summed E-state index contributed by atoms with van der Waals surface area (Å²) in [6.45, 7) is 3.74. The van der Waals surface area contributed by atoms with Crippen LogP contribution < -0.4 is 19.6 Å². The second-order valence-corrected chi connectivity index (χ2v) is 10.2. The van der Waals surface area contributed by atoms with Crippen molar-refractivity contribution in [2.75, 3.05) is 13.7 Å². The molecule has 1 aliphatic heterocycles. The van der Waals surface area contributed by atoms with Crippen molar-refractivity contribution in [1.29, 1.82) is 0 Å². The predicted molar refractivity (Wildman–Crippen MR) is 125 cm³/mol. The van der Waals surface area contributed by atoms with Crippen molar-refractivity contribution in [3.05, 3.63) is 81.6 Å². The van der Waals surface area contributed by atoms with E-state index in [9.17, 15) is 9.59 Å². The van der Waals surface area contributed by atoms with Crippen LogP contribution in [0.4, 0.5) is 0 Å². The highest BCUT2D eigenvalue weighted by atomic mass is 79.9. The zero-order valence-corrected chi connectivity index (χ0v) is 20.3. The average Bonchev–Trinajstić information content (AvgIpc) is 3.29. The lowest BCUT2D eigenvalue weighted by atomic mass is 9.95. The van der Waals surface area contributed by atoms with Gasteiger partial charge in [0.2, 0.25) is 0 Å². The van der Waals surface area contributed by atoms with Gasteiger partial charge in [0, 0.05) is 10.4 Å². The van der Waals surface area contributed by atoms with Crippen molar-refractivity contribution in [3.8, 4) is 5.75 Å². The Morgan fingerprint density at radius 2 is 2.03 bits per heavy atom. The van der Waals surface area contributed by atoms with E-state index in [0.717, 1.165) is 8.66 Å². The fraction of sp³-hybridized carbons (Fsp3) is 0.227. The minimum absolute atomic E-state index is 0.210. The van der Waals surface area contributed by atoms with E-state index in [2.05, 4.69) is 20.9 Å². The molecule has 1 aromatic carbocycles. The molecule has 4 rings (SSSR count). The number of carbonyl (C=O) groups is 1. The highest BCUT2D eigenvalue weighted by Crippen LogP contribution is 2.35. The summed E-state index contributed by atoms with van der Waals surface area (Å²) in [7, 11) is 1.57. The van der Waals surface area contributed by atoms with Crippen LogP contribution in [-0.2, 0) is 9.53 Å². The predicted octanol–water partition coefficient (Wildman–Crippen LogP) is 3.63. The van der Waals surface area contributed by atoms with E-state index in [4.69, 9.17) is 9.47 Å². The number of thiophene rings is 1. The third-order valence-corrected chi connectivity index (χ3v) is 7.37. The number of methoxy groups -OCH3 is 1. The first-order chi connectivity index (χ1) is 14.9. The number of rotatable bonds is 5. The van der Waals surface area contributed by atoms with Crippen LogP contribution in [0.5, 0.6) is 5.75 Å². The molecule has 0 fully saturated rings. The summed E-state index contributed by atoms with van der Waals surface area (Å²) in [6.07, 6.45) is 1.85. The second-order valence-electron chi connectivity index (χ2n) is 6.69. The molecule has 31 heavy (non-hydrogen) atoms. The lowest BCUT2D eigenvalue weighted by Gasteiger charge is -2.25. The van der Waals surface area contributed by atoms with Gasteiger partial charge in [-0.15, -0.1) is 11.3 Å². The molecule has 3 heterocycles. The van der Waals surface area contributed by atoms with E-state index < -0.39 is 12.0 Å². The van der Waals surface area contributed by atoms with Crippen molar-refractivity contribution in [2.24, 2.45) is 4.99 Å². The monoisotopic (exact) mass is 518 g/mol. The van der Waals surface area contributed by atoms with E-state index >= 15 is 0 Å². The first-order valence-corrected chi connectivity index (χ1v) is 11.9.